The molecule has 4 heterocycles. The number of carbonyl (C=O) groups is 1. The Bertz CT molecular complexity index is 1290. The van der Waals surface area contributed by atoms with Crippen molar-refractivity contribution in [2.24, 2.45) is 52.3 Å². The highest BCUT2D eigenvalue weighted by molar-refractivity contribution is 5.83. The van der Waals surface area contributed by atoms with Gasteiger partial charge in [-0.05, 0) is 85.4 Å². The van der Waals surface area contributed by atoms with E-state index in [0.717, 1.165) is 45.1 Å². The van der Waals surface area contributed by atoms with Crippen molar-refractivity contribution >= 4 is 5.78 Å². The predicted octanol–water partition coefficient (Wildman–Crippen LogP) is 1.26. The summed E-state index contributed by atoms with van der Waals surface area (Å²) in [4.78, 5) is 14.1. The quantitative estimate of drug-likeness (QED) is 0.222. The first kappa shape index (κ1) is 37.1. The van der Waals surface area contributed by atoms with Crippen LogP contribution in [0, 0.1) is 52.3 Å². The Labute approximate surface area is 300 Å². The molecule has 4 aliphatic heterocycles. The van der Waals surface area contributed by atoms with Gasteiger partial charge < -0.3 is 59.1 Å². The summed E-state index contributed by atoms with van der Waals surface area (Å²) in [5.41, 5.74) is -0.00424. The van der Waals surface area contributed by atoms with E-state index in [4.69, 9.17) is 28.4 Å². The van der Waals surface area contributed by atoms with Gasteiger partial charge in [0.1, 0.15) is 48.5 Å². The number of aliphatic hydroxyl groups is 6. The number of ketones is 1. The van der Waals surface area contributed by atoms with Gasteiger partial charge in [-0.25, -0.2) is 0 Å². The Morgan fingerprint density at radius 3 is 2.27 bits per heavy atom. The number of ether oxygens (including phenoxy) is 6. The van der Waals surface area contributed by atoms with Gasteiger partial charge in [0.05, 0.1) is 32.0 Å². The van der Waals surface area contributed by atoms with Crippen molar-refractivity contribution in [3.63, 3.8) is 0 Å². The summed E-state index contributed by atoms with van der Waals surface area (Å²) in [5.74, 6) is 2.31. The summed E-state index contributed by atoms with van der Waals surface area (Å²) < 4.78 is 36.5. The van der Waals surface area contributed by atoms with Crippen LogP contribution in [0.25, 0.3) is 0 Å². The number of fused-ring (bicyclic) bond motifs is 7. The molecule has 1 spiro atoms. The fourth-order valence-corrected chi connectivity index (χ4v) is 12.7. The third-order valence-electron chi connectivity index (χ3n) is 15.6. The molecule has 8 rings (SSSR count). The summed E-state index contributed by atoms with van der Waals surface area (Å²) in [5, 5.41) is 61.9. The van der Waals surface area contributed by atoms with E-state index in [1.807, 2.05) is 0 Å². The second-order valence-corrected chi connectivity index (χ2v) is 18.2. The van der Waals surface area contributed by atoms with E-state index in [-0.39, 0.29) is 35.6 Å². The zero-order valence-electron chi connectivity index (χ0n) is 30.4. The van der Waals surface area contributed by atoms with Gasteiger partial charge in [0.25, 0.3) is 0 Å². The Kier molecular flexibility index (Phi) is 9.79. The molecular weight excluding hydrogens is 664 g/mol. The Hall–Kier alpha value is -0.810. The van der Waals surface area contributed by atoms with Gasteiger partial charge >= 0.3 is 0 Å². The van der Waals surface area contributed by atoms with Gasteiger partial charge in [0, 0.05) is 24.7 Å². The normalized spacial score (nSPS) is 58.5. The third-order valence-corrected chi connectivity index (χ3v) is 15.6. The average molecular weight is 725 g/mol. The van der Waals surface area contributed by atoms with Crippen LogP contribution in [0.4, 0.5) is 0 Å². The van der Waals surface area contributed by atoms with Gasteiger partial charge in [-0.15, -0.1) is 0 Å². The molecule has 21 unspecified atom stereocenters. The topological polar surface area (TPSA) is 194 Å². The fourth-order valence-electron chi connectivity index (χ4n) is 12.7. The van der Waals surface area contributed by atoms with Gasteiger partial charge in [0.15, 0.2) is 18.4 Å². The molecule has 4 saturated heterocycles. The van der Waals surface area contributed by atoms with E-state index in [1.165, 1.54) is 0 Å². The van der Waals surface area contributed by atoms with Crippen LogP contribution in [0.3, 0.4) is 0 Å². The van der Waals surface area contributed by atoms with Crippen molar-refractivity contribution < 1.29 is 63.9 Å². The molecule has 13 heteroatoms. The standard InChI is InChI=1S/C38H60O13/c1-17-5-10-38(47-15-17)18(2)28-25(51-38)13-22-20-12-24(40)23-11-19(6-8-36(23,3)21(20)7-9-37(22,28)4)48-34-32(44)30(42)27(16-46-34)50-35-33(45)31(43)29(41)26(14-39)49-35/h17-23,25-35,39,41-45H,5-16H2,1-4H3. The number of rotatable bonds is 5. The molecular formula is C38H60O13. The minimum absolute atomic E-state index is 0.130. The molecule has 8 aliphatic rings. The maximum Gasteiger partial charge on any atom is 0.187 e. The minimum Gasteiger partial charge on any atom is -0.394 e. The van der Waals surface area contributed by atoms with Crippen LogP contribution < -0.4 is 0 Å². The number of hydrogen-bond acceptors (Lipinski definition) is 13. The highest BCUT2D eigenvalue weighted by Crippen LogP contribution is 2.71. The lowest BCUT2D eigenvalue weighted by Gasteiger charge is -2.60. The Morgan fingerprint density at radius 2 is 1.55 bits per heavy atom. The Balaban J connectivity index is 0.890. The molecule has 4 aliphatic carbocycles. The fraction of sp³-hybridized carbons (Fsp3) is 0.974. The molecule has 51 heavy (non-hydrogen) atoms. The zero-order valence-corrected chi connectivity index (χ0v) is 30.4. The van der Waals surface area contributed by atoms with E-state index in [9.17, 15) is 35.4 Å². The molecule has 0 aromatic rings. The van der Waals surface area contributed by atoms with E-state index in [2.05, 4.69) is 27.7 Å². The maximum absolute atomic E-state index is 14.1. The van der Waals surface area contributed by atoms with Crippen LogP contribution in [0.2, 0.25) is 0 Å². The molecule has 290 valence electrons. The molecule has 0 aromatic carbocycles. The summed E-state index contributed by atoms with van der Waals surface area (Å²) in [7, 11) is 0. The number of aliphatic hydroxyl groups excluding tert-OH is 6. The van der Waals surface area contributed by atoms with Gasteiger partial charge in [-0.3, -0.25) is 4.79 Å². The van der Waals surface area contributed by atoms with Crippen molar-refractivity contribution in [1.82, 2.24) is 0 Å². The monoisotopic (exact) mass is 724 g/mol. The van der Waals surface area contributed by atoms with Crippen LogP contribution in [0.15, 0.2) is 0 Å². The van der Waals surface area contributed by atoms with Crippen LogP contribution >= 0.6 is 0 Å². The lowest BCUT2D eigenvalue weighted by Crippen LogP contribution is -2.62. The molecule has 0 radical (unpaired) electrons. The van der Waals surface area contributed by atoms with Crippen LogP contribution in [-0.2, 0) is 33.2 Å². The first-order chi connectivity index (χ1) is 24.2. The molecule has 8 fully saturated rings. The first-order valence-electron chi connectivity index (χ1n) is 19.6. The molecule has 6 N–H and O–H groups in total. The van der Waals surface area contributed by atoms with Crippen molar-refractivity contribution in [3.8, 4) is 0 Å². The Morgan fingerprint density at radius 1 is 0.804 bits per heavy atom. The average Bonchev–Trinajstić information content (AvgIpc) is 3.55. The number of Topliss-reactive ketones (excluding diaryl/α,β-unsaturated/α-hetero) is 1. The highest BCUT2D eigenvalue weighted by atomic mass is 16.7. The summed E-state index contributed by atoms with van der Waals surface area (Å²) >= 11 is 0. The van der Waals surface area contributed by atoms with E-state index < -0.39 is 67.7 Å². The largest absolute Gasteiger partial charge is 0.394 e. The van der Waals surface area contributed by atoms with Crippen molar-refractivity contribution in [2.75, 3.05) is 19.8 Å². The lowest BCUT2D eigenvalue weighted by molar-refractivity contribution is -0.347. The van der Waals surface area contributed by atoms with E-state index in [0.29, 0.717) is 60.6 Å². The predicted molar refractivity (Wildman–Crippen MR) is 177 cm³/mol. The lowest BCUT2D eigenvalue weighted by atomic mass is 9.44. The van der Waals surface area contributed by atoms with E-state index >= 15 is 0 Å². The van der Waals surface area contributed by atoms with Gasteiger partial charge in [0.2, 0.25) is 0 Å². The third kappa shape index (κ3) is 5.82. The van der Waals surface area contributed by atoms with Crippen LogP contribution in [0.5, 0.6) is 0 Å². The highest BCUT2D eigenvalue weighted by Gasteiger charge is 2.70. The SMILES string of the molecule is CC1CCC2(OC1)OC1CC3C4CC(=O)C5CC(OC6OCC(OC7OC(CO)C(O)C(O)C7O)C(O)C6O)CCC5(C)C4CCC3(C)C1C2C. The molecule has 0 amide bonds. The molecule has 0 aromatic heterocycles. The summed E-state index contributed by atoms with van der Waals surface area (Å²) in [6.07, 6.45) is -4.85. The second-order valence-electron chi connectivity index (χ2n) is 18.2. The maximum atomic E-state index is 14.1. The zero-order chi connectivity index (χ0) is 36.2. The van der Waals surface area contributed by atoms with Gasteiger partial charge in [-0.1, -0.05) is 27.7 Å². The van der Waals surface area contributed by atoms with E-state index in [1.54, 1.807) is 0 Å². The van der Waals surface area contributed by atoms with Crippen molar-refractivity contribution in [2.45, 2.75) is 159 Å². The molecule has 13 nitrogen and oxygen atoms in total. The van der Waals surface area contributed by atoms with Gasteiger partial charge in [-0.2, -0.15) is 0 Å². The summed E-state index contributed by atoms with van der Waals surface area (Å²) in [6.45, 7) is 9.35. The first-order valence-corrected chi connectivity index (χ1v) is 19.6. The number of hydrogen-bond donors (Lipinski definition) is 6. The second kappa shape index (κ2) is 13.4. The minimum atomic E-state index is -1.65. The van der Waals surface area contributed by atoms with Crippen molar-refractivity contribution in [3.05, 3.63) is 0 Å². The summed E-state index contributed by atoms with van der Waals surface area (Å²) in [6, 6.07) is 0. The molecule has 0 bridgehead atoms. The molecule has 21 atom stereocenters. The van der Waals surface area contributed by atoms with Crippen LogP contribution in [-0.4, -0.2) is 130 Å². The van der Waals surface area contributed by atoms with Crippen LogP contribution in [0.1, 0.15) is 85.5 Å². The van der Waals surface area contributed by atoms with Crippen molar-refractivity contribution in [1.29, 1.82) is 0 Å². The number of carbonyl (C=O) groups excluding carboxylic acids is 1. The smallest absolute Gasteiger partial charge is 0.187 e. The molecule has 4 saturated carbocycles.